The lowest BCUT2D eigenvalue weighted by atomic mass is 10.1. The van der Waals surface area contributed by atoms with Gasteiger partial charge in [0.1, 0.15) is 11.6 Å². The number of Topliss-reactive ketones (excluding diaryl/α,β-unsaturated/α-hetero) is 1. The molecule has 0 unspecified atom stereocenters. The molecule has 0 aromatic heterocycles. The van der Waals surface area contributed by atoms with Gasteiger partial charge in [-0.25, -0.2) is 4.39 Å². The molecule has 0 bridgehead atoms. The highest BCUT2D eigenvalue weighted by atomic mass is 79.9. The third kappa shape index (κ3) is 2.76. The molecule has 3 nitrogen and oxygen atoms in total. The number of halogens is 2. The average Bonchev–Trinajstić information content (AvgIpc) is 2.21. The van der Waals surface area contributed by atoms with Crippen LogP contribution >= 0.6 is 15.9 Å². The van der Waals surface area contributed by atoms with Crippen molar-refractivity contribution in [1.29, 1.82) is 0 Å². The van der Waals surface area contributed by atoms with E-state index < -0.39 is 5.82 Å². The highest BCUT2D eigenvalue weighted by molar-refractivity contribution is 9.10. The molecule has 0 aliphatic heterocycles. The summed E-state index contributed by atoms with van der Waals surface area (Å²) in [7, 11) is 1.41. The molecule has 82 valence electrons. The van der Waals surface area contributed by atoms with Gasteiger partial charge < -0.3 is 10.5 Å². The van der Waals surface area contributed by atoms with E-state index in [9.17, 15) is 9.18 Å². The number of rotatable bonds is 4. The molecule has 0 radical (unpaired) electrons. The average molecular weight is 276 g/mol. The zero-order valence-electron chi connectivity index (χ0n) is 8.22. The monoisotopic (exact) mass is 275 g/mol. The van der Waals surface area contributed by atoms with Gasteiger partial charge in [-0.15, -0.1) is 0 Å². The van der Waals surface area contributed by atoms with Gasteiger partial charge in [0.25, 0.3) is 0 Å². The van der Waals surface area contributed by atoms with Gasteiger partial charge in [0, 0.05) is 18.1 Å². The summed E-state index contributed by atoms with van der Waals surface area (Å²) in [4.78, 5) is 11.6. The first kappa shape index (κ1) is 12.1. The number of ether oxygens (including phenoxy) is 1. The topological polar surface area (TPSA) is 52.3 Å². The van der Waals surface area contributed by atoms with Gasteiger partial charge in [0.2, 0.25) is 0 Å². The van der Waals surface area contributed by atoms with Crippen LogP contribution in [0.2, 0.25) is 0 Å². The molecule has 0 spiro atoms. The molecule has 0 atom stereocenters. The van der Waals surface area contributed by atoms with Crippen molar-refractivity contribution in [2.75, 3.05) is 13.7 Å². The second-order valence-corrected chi connectivity index (χ2v) is 3.72. The van der Waals surface area contributed by atoms with Gasteiger partial charge in [-0.05, 0) is 28.5 Å². The zero-order chi connectivity index (χ0) is 11.4. The molecule has 0 aliphatic carbocycles. The smallest absolute Gasteiger partial charge is 0.165 e. The number of methoxy groups -OCH3 is 1. The van der Waals surface area contributed by atoms with Crippen molar-refractivity contribution < 1.29 is 13.9 Å². The fourth-order valence-electron chi connectivity index (χ4n) is 1.18. The van der Waals surface area contributed by atoms with E-state index in [1.54, 1.807) is 0 Å². The maximum Gasteiger partial charge on any atom is 0.165 e. The highest BCUT2D eigenvalue weighted by Crippen LogP contribution is 2.30. The summed E-state index contributed by atoms with van der Waals surface area (Å²) >= 11 is 3.19. The van der Waals surface area contributed by atoms with Crippen molar-refractivity contribution in [2.45, 2.75) is 6.42 Å². The number of carbonyl (C=O) groups excluding carboxylic acids is 1. The fraction of sp³-hybridized carbons (Fsp3) is 0.300. The Kier molecular flexibility index (Phi) is 4.23. The van der Waals surface area contributed by atoms with Crippen LogP contribution in [0.4, 0.5) is 4.39 Å². The van der Waals surface area contributed by atoms with Gasteiger partial charge in [-0.1, -0.05) is 0 Å². The minimum atomic E-state index is -0.504. The predicted octanol–water partition coefficient (Wildman–Crippen LogP) is 2.13. The van der Waals surface area contributed by atoms with Crippen LogP contribution in [0.25, 0.3) is 0 Å². The van der Waals surface area contributed by atoms with E-state index in [-0.39, 0.29) is 24.3 Å². The van der Waals surface area contributed by atoms with E-state index >= 15 is 0 Å². The standard InChI is InChI=1S/C10H11BrFNO2/c1-15-9-5-6(12)4-7(10(9)11)8(14)2-3-13/h4-5H,2-3,13H2,1H3. The lowest BCUT2D eigenvalue weighted by Gasteiger charge is -2.08. The Morgan fingerprint density at radius 3 is 2.80 bits per heavy atom. The van der Waals surface area contributed by atoms with Crippen molar-refractivity contribution in [3.8, 4) is 5.75 Å². The van der Waals surface area contributed by atoms with Crippen LogP contribution in [-0.4, -0.2) is 19.4 Å². The maximum absolute atomic E-state index is 13.1. The molecular formula is C10H11BrFNO2. The van der Waals surface area contributed by atoms with Gasteiger partial charge in [-0.3, -0.25) is 4.79 Å². The van der Waals surface area contributed by atoms with Crippen molar-refractivity contribution in [1.82, 2.24) is 0 Å². The number of carbonyl (C=O) groups is 1. The first-order chi connectivity index (χ1) is 7.10. The lowest BCUT2D eigenvalue weighted by molar-refractivity contribution is 0.0984. The van der Waals surface area contributed by atoms with Crippen LogP contribution in [0, 0.1) is 5.82 Å². The summed E-state index contributed by atoms with van der Waals surface area (Å²) in [5.74, 6) is -0.409. The number of benzene rings is 1. The summed E-state index contributed by atoms with van der Waals surface area (Å²) in [5, 5.41) is 0. The maximum atomic E-state index is 13.1. The van der Waals surface area contributed by atoms with Crippen LogP contribution in [0.1, 0.15) is 16.8 Å². The molecule has 0 aliphatic rings. The molecule has 1 aromatic rings. The molecule has 1 rings (SSSR count). The van der Waals surface area contributed by atoms with Crippen molar-refractivity contribution in [3.63, 3.8) is 0 Å². The number of hydrogen-bond donors (Lipinski definition) is 1. The molecule has 2 N–H and O–H groups in total. The lowest BCUT2D eigenvalue weighted by Crippen LogP contribution is -2.09. The third-order valence-corrected chi connectivity index (χ3v) is 2.71. The van der Waals surface area contributed by atoms with Crippen LogP contribution in [-0.2, 0) is 0 Å². The highest BCUT2D eigenvalue weighted by Gasteiger charge is 2.15. The Labute approximate surface area is 95.5 Å². The van der Waals surface area contributed by atoms with Crippen molar-refractivity contribution >= 4 is 21.7 Å². The summed E-state index contributed by atoms with van der Waals surface area (Å²) < 4.78 is 18.5. The first-order valence-corrected chi connectivity index (χ1v) is 5.15. The molecule has 0 saturated carbocycles. The molecule has 0 saturated heterocycles. The van der Waals surface area contributed by atoms with Crippen LogP contribution in [0.5, 0.6) is 5.75 Å². The Morgan fingerprint density at radius 2 is 2.27 bits per heavy atom. The normalized spacial score (nSPS) is 10.1. The van der Waals surface area contributed by atoms with E-state index in [4.69, 9.17) is 10.5 Å². The molecule has 5 heteroatoms. The molecular weight excluding hydrogens is 265 g/mol. The molecule has 15 heavy (non-hydrogen) atoms. The predicted molar refractivity (Wildman–Crippen MR) is 58.7 cm³/mol. The van der Waals surface area contributed by atoms with E-state index in [0.717, 1.165) is 0 Å². The van der Waals surface area contributed by atoms with Gasteiger partial charge in [0.05, 0.1) is 11.6 Å². The summed E-state index contributed by atoms with van der Waals surface area (Å²) in [6.07, 6.45) is 0.186. The number of ketones is 1. The molecule has 0 heterocycles. The first-order valence-electron chi connectivity index (χ1n) is 4.36. The number of hydrogen-bond acceptors (Lipinski definition) is 3. The Bertz CT molecular complexity index is 382. The van der Waals surface area contributed by atoms with Crippen LogP contribution in [0.3, 0.4) is 0 Å². The second kappa shape index (κ2) is 5.23. The minimum Gasteiger partial charge on any atom is -0.495 e. The quantitative estimate of drug-likeness (QED) is 0.857. The Hall–Kier alpha value is -0.940. The zero-order valence-corrected chi connectivity index (χ0v) is 9.80. The van der Waals surface area contributed by atoms with Crippen LogP contribution in [0.15, 0.2) is 16.6 Å². The van der Waals surface area contributed by atoms with Crippen molar-refractivity contribution in [3.05, 3.63) is 28.0 Å². The fourth-order valence-corrected chi connectivity index (χ4v) is 1.79. The number of nitrogens with two attached hydrogens (primary N) is 1. The van der Waals surface area contributed by atoms with Gasteiger partial charge in [-0.2, -0.15) is 0 Å². The van der Waals surface area contributed by atoms with Crippen molar-refractivity contribution in [2.24, 2.45) is 5.73 Å². The molecule has 1 aromatic carbocycles. The van der Waals surface area contributed by atoms with Crippen LogP contribution < -0.4 is 10.5 Å². The minimum absolute atomic E-state index is 0.186. The summed E-state index contributed by atoms with van der Waals surface area (Å²) in [5.41, 5.74) is 5.53. The van der Waals surface area contributed by atoms with E-state index in [2.05, 4.69) is 15.9 Å². The van der Waals surface area contributed by atoms with E-state index in [1.165, 1.54) is 19.2 Å². The van der Waals surface area contributed by atoms with E-state index in [1.807, 2.05) is 0 Å². The van der Waals surface area contributed by atoms with E-state index in [0.29, 0.717) is 10.2 Å². The third-order valence-electron chi connectivity index (χ3n) is 1.90. The van der Waals surface area contributed by atoms with Gasteiger partial charge >= 0.3 is 0 Å². The Balaban J connectivity index is 3.17. The largest absolute Gasteiger partial charge is 0.495 e. The molecule has 0 amide bonds. The SMILES string of the molecule is COc1cc(F)cc(C(=O)CCN)c1Br. The second-order valence-electron chi connectivity index (χ2n) is 2.93. The summed E-state index contributed by atoms with van der Waals surface area (Å²) in [6, 6.07) is 2.38. The molecule has 0 fully saturated rings. The Morgan fingerprint density at radius 1 is 1.60 bits per heavy atom. The van der Waals surface area contributed by atoms with Gasteiger partial charge in [0.15, 0.2) is 5.78 Å². The summed E-state index contributed by atoms with van der Waals surface area (Å²) in [6.45, 7) is 0.240.